The number of piperidine rings is 1. The maximum Gasteiger partial charge on any atom is 0.251 e. The summed E-state index contributed by atoms with van der Waals surface area (Å²) in [6.07, 6.45) is 1.19. The summed E-state index contributed by atoms with van der Waals surface area (Å²) >= 11 is 0. The molecule has 0 saturated carbocycles. The molecular formula is C19H22N2O2. The van der Waals surface area contributed by atoms with Gasteiger partial charge in [0.1, 0.15) is 5.75 Å². The highest BCUT2D eigenvalue weighted by molar-refractivity contribution is 5.65. The molecule has 4 heteroatoms. The van der Waals surface area contributed by atoms with Crippen molar-refractivity contribution in [3.63, 3.8) is 0 Å². The molecule has 0 amide bonds. The maximum atomic E-state index is 12.6. The molecule has 2 aliphatic heterocycles. The fraction of sp³-hybridized carbons (Fsp3) is 0.421. The van der Waals surface area contributed by atoms with Crippen LogP contribution in [0.1, 0.15) is 25.0 Å². The van der Waals surface area contributed by atoms with Crippen LogP contribution in [-0.4, -0.2) is 24.3 Å². The molecule has 3 heterocycles. The third-order valence-electron chi connectivity index (χ3n) is 4.94. The summed E-state index contributed by atoms with van der Waals surface area (Å²) in [5.41, 5.74) is 3.34. The largest absolute Gasteiger partial charge is 0.494 e. The second-order valence-electron chi connectivity index (χ2n) is 6.54. The normalized spacial score (nSPS) is 22.5. The van der Waals surface area contributed by atoms with Gasteiger partial charge < -0.3 is 14.6 Å². The Kier molecular flexibility index (Phi) is 3.69. The van der Waals surface area contributed by atoms with Gasteiger partial charge in [0.05, 0.1) is 6.61 Å². The number of hydrogen-bond donors (Lipinski definition) is 1. The Morgan fingerprint density at radius 1 is 1.22 bits per heavy atom. The van der Waals surface area contributed by atoms with Crippen molar-refractivity contribution in [3.05, 3.63) is 52.4 Å². The molecule has 2 bridgehead atoms. The average Bonchev–Trinajstić information content (AvgIpc) is 2.57. The standard InChI is InChI=1S/C19H22N2O2/c1-2-23-17-5-3-4-14(7-17)15-8-18-16-6-13(10-20-11-16)12-21(18)19(22)9-15/h3-5,7-9,13,16,20H,2,6,10-12H2,1H3/t13-,16+/m0/s1. The van der Waals surface area contributed by atoms with Crippen LogP contribution in [0.15, 0.2) is 41.2 Å². The molecule has 120 valence electrons. The highest BCUT2D eigenvalue weighted by atomic mass is 16.5. The number of benzene rings is 1. The van der Waals surface area contributed by atoms with Crippen molar-refractivity contribution in [3.8, 4) is 16.9 Å². The molecule has 0 unspecified atom stereocenters. The summed E-state index contributed by atoms with van der Waals surface area (Å²) in [6, 6.07) is 12.0. The van der Waals surface area contributed by atoms with Gasteiger partial charge in [0.2, 0.25) is 0 Å². The van der Waals surface area contributed by atoms with Crippen molar-refractivity contribution in [2.75, 3.05) is 19.7 Å². The molecule has 1 aromatic carbocycles. The minimum absolute atomic E-state index is 0.121. The highest BCUT2D eigenvalue weighted by Crippen LogP contribution is 2.34. The van der Waals surface area contributed by atoms with Crippen LogP contribution in [0.4, 0.5) is 0 Å². The minimum atomic E-state index is 0.121. The van der Waals surface area contributed by atoms with Gasteiger partial charge in [-0.1, -0.05) is 12.1 Å². The number of aromatic nitrogens is 1. The first kappa shape index (κ1) is 14.5. The van der Waals surface area contributed by atoms with E-state index in [0.717, 1.165) is 36.5 Å². The second kappa shape index (κ2) is 5.85. The fourth-order valence-electron chi connectivity index (χ4n) is 3.90. The Morgan fingerprint density at radius 3 is 3.00 bits per heavy atom. The number of fused-ring (bicyclic) bond motifs is 4. The average molecular weight is 310 g/mol. The summed E-state index contributed by atoms with van der Waals surface area (Å²) in [5.74, 6) is 1.89. The molecule has 4 nitrogen and oxygen atoms in total. The smallest absolute Gasteiger partial charge is 0.251 e. The molecule has 2 aliphatic rings. The monoisotopic (exact) mass is 310 g/mol. The lowest BCUT2D eigenvalue weighted by atomic mass is 9.83. The predicted octanol–water partition coefficient (Wildman–Crippen LogP) is 2.62. The van der Waals surface area contributed by atoms with E-state index in [1.165, 1.54) is 12.1 Å². The van der Waals surface area contributed by atoms with Crippen LogP contribution < -0.4 is 15.6 Å². The maximum absolute atomic E-state index is 12.6. The summed E-state index contributed by atoms with van der Waals surface area (Å²) in [4.78, 5) is 12.6. The number of nitrogens with one attached hydrogen (secondary N) is 1. The molecule has 2 aromatic rings. The van der Waals surface area contributed by atoms with Crippen LogP contribution >= 0.6 is 0 Å². The molecule has 2 atom stereocenters. The lowest BCUT2D eigenvalue weighted by molar-refractivity contribution is 0.257. The molecular weight excluding hydrogens is 288 g/mol. The Balaban J connectivity index is 1.78. The van der Waals surface area contributed by atoms with E-state index < -0.39 is 0 Å². The molecule has 23 heavy (non-hydrogen) atoms. The SMILES string of the molecule is CCOc1cccc(-c2cc3n(c(=O)c2)C[C@@H]2CNC[C@H]3C2)c1. The van der Waals surface area contributed by atoms with Crippen molar-refractivity contribution in [1.29, 1.82) is 0 Å². The van der Waals surface area contributed by atoms with Gasteiger partial charge in [-0.05, 0) is 55.1 Å². The van der Waals surface area contributed by atoms with Crippen LogP contribution in [0.3, 0.4) is 0 Å². The number of hydrogen-bond acceptors (Lipinski definition) is 3. The quantitative estimate of drug-likeness (QED) is 0.948. The van der Waals surface area contributed by atoms with Crippen molar-refractivity contribution < 1.29 is 4.74 Å². The zero-order chi connectivity index (χ0) is 15.8. The first-order chi connectivity index (χ1) is 11.2. The van der Waals surface area contributed by atoms with Crippen LogP contribution in [0.2, 0.25) is 0 Å². The van der Waals surface area contributed by atoms with E-state index in [1.54, 1.807) is 6.07 Å². The summed E-state index contributed by atoms with van der Waals surface area (Å²) in [7, 11) is 0. The van der Waals surface area contributed by atoms with Crippen LogP contribution in [0.5, 0.6) is 5.75 Å². The highest BCUT2D eigenvalue weighted by Gasteiger charge is 2.31. The van der Waals surface area contributed by atoms with Gasteiger partial charge in [-0.2, -0.15) is 0 Å². The van der Waals surface area contributed by atoms with E-state index in [2.05, 4.69) is 11.4 Å². The van der Waals surface area contributed by atoms with E-state index >= 15 is 0 Å². The van der Waals surface area contributed by atoms with Crippen LogP contribution in [-0.2, 0) is 6.54 Å². The molecule has 1 N–H and O–H groups in total. The van der Waals surface area contributed by atoms with Gasteiger partial charge in [0, 0.05) is 30.8 Å². The summed E-state index contributed by atoms with van der Waals surface area (Å²) < 4.78 is 7.56. The first-order valence-corrected chi connectivity index (χ1v) is 8.43. The zero-order valence-corrected chi connectivity index (χ0v) is 13.4. The van der Waals surface area contributed by atoms with Crippen LogP contribution in [0.25, 0.3) is 11.1 Å². The third kappa shape index (κ3) is 2.68. The van der Waals surface area contributed by atoms with Crippen molar-refractivity contribution in [2.24, 2.45) is 5.92 Å². The fourth-order valence-corrected chi connectivity index (χ4v) is 3.90. The van der Waals surface area contributed by atoms with Crippen molar-refractivity contribution in [1.82, 2.24) is 9.88 Å². The van der Waals surface area contributed by atoms with E-state index in [9.17, 15) is 4.79 Å². The minimum Gasteiger partial charge on any atom is -0.494 e. The molecule has 0 radical (unpaired) electrons. The molecule has 1 fully saturated rings. The predicted molar refractivity (Wildman–Crippen MR) is 91.0 cm³/mol. The number of rotatable bonds is 3. The van der Waals surface area contributed by atoms with Gasteiger partial charge in [-0.3, -0.25) is 4.79 Å². The van der Waals surface area contributed by atoms with E-state index in [4.69, 9.17) is 4.74 Å². The molecule has 1 aromatic heterocycles. The third-order valence-corrected chi connectivity index (χ3v) is 4.94. The van der Waals surface area contributed by atoms with Gasteiger partial charge in [0.15, 0.2) is 0 Å². The van der Waals surface area contributed by atoms with Crippen LogP contribution in [0, 0.1) is 5.92 Å². The summed E-state index contributed by atoms with van der Waals surface area (Å²) in [6.45, 7) is 5.46. The number of pyridine rings is 1. The Labute approximate surface area is 136 Å². The van der Waals surface area contributed by atoms with Gasteiger partial charge in [0.25, 0.3) is 5.56 Å². The zero-order valence-electron chi connectivity index (χ0n) is 13.4. The van der Waals surface area contributed by atoms with E-state index in [0.29, 0.717) is 18.4 Å². The second-order valence-corrected chi connectivity index (χ2v) is 6.54. The lowest BCUT2D eigenvalue weighted by Crippen LogP contribution is -2.44. The topological polar surface area (TPSA) is 43.3 Å². The van der Waals surface area contributed by atoms with Gasteiger partial charge >= 0.3 is 0 Å². The summed E-state index contributed by atoms with van der Waals surface area (Å²) in [5, 5.41) is 3.50. The van der Waals surface area contributed by atoms with E-state index in [-0.39, 0.29) is 5.56 Å². The lowest BCUT2D eigenvalue weighted by Gasteiger charge is -2.37. The number of nitrogens with zero attached hydrogens (tertiary/aromatic N) is 1. The molecule has 0 aliphatic carbocycles. The van der Waals surface area contributed by atoms with Crippen molar-refractivity contribution in [2.45, 2.75) is 25.8 Å². The molecule has 4 rings (SSSR count). The van der Waals surface area contributed by atoms with Gasteiger partial charge in [-0.15, -0.1) is 0 Å². The Hall–Kier alpha value is -2.07. The Morgan fingerprint density at radius 2 is 2.13 bits per heavy atom. The number of ether oxygens (including phenoxy) is 1. The Bertz CT molecular complexity index is 781. The van der Waals surface area contributed by atoms with E-state index in [1.807, 2.05) is 35.8 Å². The molecule has 0 spiro atoms. The van der Waals surface area contributed by atoms with Gasteiger partial charge in [-0.25, -0.2) is 0 Å². The first-order valence-electron chi connectivity index (χ1n) is 8.43. The molecule has 1 saturated heterocycles. The van der Waals surface area contributed by atoms with Crippen molar-refractivity contribution >= 4 is 0 Å².